The van der Waals surface area contributed by atoms with Crippen molar-refractivity contribution in [3.05, 3.63) is 21.4 Å². The minimum Gasteiger partial charge on any atom is -0.352 e. The molecule has 3 rings (SSSR count). The smallest absolute Gasteiger partial charge is 0.252 e. The van der Waals surface area contributed by atoms with Gasteiger partial charge in [0, 0.05) is 36.3 Å². The Kier molecular flexibility index (Phi) is 4.58. The Hall–Kier alpha value is -1.36. The van der Waals surface area contributed by atoms with Crippen molar-refractivity contribution in [2.24, 2.45) is 0 Å². The van der Waals surface area contributed by atoms with Crippen LogP contribution in [0.25, 0.3) is 0 Å². The second-order valence-electron chi connectivity index (χ2n) is 5.85. The van der Waals surface area contributed by atoms with E-state index in [1.165, 1.54) is 23.3 Å². The Morgan fingerprint density at radius 1 is 1.24 bits per heavy atom. The summed E-state index contributed by atoms with van der Waals surface area (Å²) in [5, 5.41) is 5.01. The second kappa shape index (κ2) is 6.60. The van der Waals surface area contributed by atoms with E-state index in [4.69, 9.17) is 0 Å². The number of nitrogens with zero attached hydrogens (tertiary/aromatic N) is 1. The minimum absolute atomic E-state index is 0.0575. The maximum atomic E-state index is 12.3. The first kappa shape index (κ1) is 14.6. The van der Waals surface area contributed by atoms with Crippen LogP contribution in [-0.2, 0) is 17.6 Å². The zero-order chi connectivity index (χ0) is 14.7. The highest BCUT2D eigenvalue weighted by Crippen LogP contribution is 2.30. The molecule has 1 aromatic rings. The summed E-state index contributed by atoms with van der Waals surface area (Å²) in [6, 6.07) is 0. The maximum Gasteiger partial charge on any atom is 0.252 e. The fourth-order valence-electron chi connectivity index (χ4n) is 3.19. The number of aryl methyl sites for hydroxylation is 1. The van der Waals surface area contributed by atoms with Gasteiger partial charge in [0.1, 0.15) is 0 Å². The van der Waals surface area contributed by atoms with Crippen molar-refractivity contribution >= 4 is 23.2 Å². The highest BCUT2D eigenvalue weighted by atomic mass is 32.1. The molecule has 0 aromatic carbocycles. The topological polar surface area (TPSA) is 49.4 Å². The summed E-state index contributed by atoms with van der Waals surface area (Å²) in [5.74, 6) is 0.315. The quantitative estimate of drug-likeness (QED) is 0.849. The van der Waals surface area contributed by atoms with E-state index in [9.17, 15) is 9.59 Å². The van der Waals surface area contributed by atoms with Crippen molar-refractivity contribution in [3.63, 3.8) is 0 Å². The van der Waals surface area contributed by atoms with Gasteiger partial charge in [0.2, 0.25) is 5.91 Å². The third-order valence-corrected chi connectivity index (χ3v) is 5.46. The lowest BCUT2D eigenvalue weighted by Gasteiger charge is -2.15. The van der Waals surface area contributed by atoms with Gasteiger partial charge in [0.15, 0.2) is 0 Å². The lowest BCUT2D eigenvalue weighted by atomic mass is 9.96. The zero-order valence-electron chi connectivity index (χ0n) is 12.3. The van der Waals surface area contributed by atoms with Crippen molar-refractivity contribution in [2.45, 2.75) is 44.9 Å². The van der Waals surface area contributed by atoms with Gasteiger partial charge in [-0.1, -0.05) is 0 Å². The van der Waals surface area contributed by atoms with E-state index < -0.39 is 0 Å². The molecule has 0 unspecified atom stereocenters. The third kappa shape index (κ3) is 3.28. The Bertz CT molecular complexity index is 538. The number of hydrogen-bond donors (Lipinski definition) is 1. The number of nitrogens with one attached hydrogen (secondary N) is 1. The molecule has 0 atom stereocenters. The number of fused-ring (bicyclic) bond motifs is 1. The van der Waals surface area contributed by atoms with Crippen LogP contribution in [0.3, 0.4) is 0 Å². The maximum absolute atomic E-state index is 12.3. The first-order chi connectivity index (χ1) is 10.3. The van der Waals surface area contributed by atoms with Gasteiger partial charge in [0.05, 0.1) is 5.56 Å². The molecule has 21 heavy (non-hydrogen) atoms. The van der Waals surface area contributed by atoms with Gasteiger partial charge < -0.3 is 10.2 Å². The number of thiophene rings is 1. The minimum atomic E-state index is 0.0575. The van der Waals surface area contributed by atoms with Crippen molar-refractivity contribution in [2.75, 3.05) is 19.6 Å². The van der Waals surface area contributed by atoms with E-state index in [0.717, 1.165) is 44.3 Å². The molecular formula is C16H22N2O2S. The first-order valence-corrected chi connectivity index (χ1v) is 8.79. The molecule has 1 fully saturated rings. The van der Waals surface area contributed by atoms with Crippen LogP contribution in [-0.4, -0.2) is 36.3 Å². The lowest BCUT2D eigenvalue weighted by molar-refractivity contribution is -0.127. The van der Waals surface area contributed by atoms with E-state index in [0.29, 0.717) is 13.0 Å². The molecule has 114 valence electrons. The van der Waals surface area contributed by atoms with Crippen LogP contribution in [0, 0.1) is 0 Å². The average molecular weight is 306 g/mol. The number of hydrogen-bond acceptors (Lipinski definition) is 3. The van der Waals surface area contributed by atoms with E-state index in [2.05, 4.69) is 5.32 Å². The zero-order valence-corrected chi connectivity index (χ0v) is 13.1. The number of carbonyl (C=O) groups is 2. The number of amides is 2. The molecule has 1 aliphatic carbocycles. The van der Waals surface area contributed by atoms with Gasteiger partial charge in [-0.25, -0.2) is 0 Å². The summed E-state index contributed by atoms with van der Waals surface area (Å²) >= 11 is 1.73. The van der Waals surface area contributed by atoms with E-state index in [-0.39, 0.29) is 11.8 Å². The molecule has 2 amide bonds. The Balaban J connectivity index is 1.46. The van der Waals surface area contributed by atoms with Crippen molar-refractivity contribution in [1.82, 2.24) is 10.2 Å². The summed E-state index contributed by atoms with van der Waals surface area (Å²) in [5.41, 5.74) is 2.16. The van der Waals surface area contributed by atoms with Gasteiger partial charge >= 0.3 is 0 Å². The molecule has 2 heterocycles. The highest BCUT2D eigenvalue weighted by Gasteiger charge is 2.21. The SMILES string of the molecule is O=C(NCCCN1CCCC1=O)c1csc2c1CCCC2. The summed E-state index contributed by atoms with van der Waals surface area (Å²) in [7, 11) is 0. The Morgan fingerprint density at radius 2 is 2.10 bits per heavy atom. The van der Waals surface area contributed by atoms with Gasteiger partial charge in [-0.05, 0) is 44.1 Å². The largest absolute Gasteiger partial charge is 0.352 e. The number of rotatable bonds is 5. The van der Waals surface area contributed by atoms with E-state index in [1.54, 1.807) is 11.3 Å². The number of likely N-dealkylation sites (tertiary alicyclic amines) is 1. The molecule has 1 aromatic heterocycles. The van der Waals surface area contributed by atoms with Crippen LogP contribution < -0.4 is 5.32 Å². The molecule has 1 saturated heterocycles. The average Bonchev–Trinajstić information content (AvgIpc) is 3.10. The molecule has 0 radical (unpaired) electrons. The molecule has 2 aliphatic rings. The summed E-state index contributed by atoms with van der Waals surface area (Å²) in [4.78, 5) is 27.0. The molecule has 1 N–H and O–H groups in total. The first-order valence-electron chi connectivity index (χ1n) is 7.91. The van der Waals surface area contributed by atoms with Crippen LogP contribution in [0.4, 0.5) is 0 Å². The second-order valence-corrected chi connectivity index (χ2v) is 6.82. The predicted molar refractivity (Wildman–Crippen MR) is 83.7 cm³/mol. The van der Waals surface area contributed by atoms with Gasteiger partial charge in [-0.15, -0.1) is 11.3 Å². The standard InChI is InChI=1S/C16H22N2O2S/c19-15-7-3-9-18(15)10-4-8-17-16(20)13-11-21-14-6-2-1-5-12(13)14/h11H,1-10H2,(H,17,20). The Labute approximate surface area is 129 Å². The van der Waals surface area contributed by atoms with Crippen LogP contribution in [0.15, 0.2) is 5.38 Å². The molecule has 0 saturated carbocycles. The summed E-state index contributed by atoms with van der Waals surface area (Å²) in [6.07, 6.45) is 7.12. The van der Waals surface area contributed by atoms with Gasteiger partial charge in [-0.2, -0.15) is 0 Å². The molecule has 1 aliphatic heterocycles. The lowest BCUT2D eigenvalue weighted by Crippen LogP contribution is -2.30. The summed E-state index contributed by atoms with van der Waals surface area (Å²) in [6.45, 7) is 2.29. The molecule has 0 spiro atoms. The fraction of sp³-hybridized carbons (Fsp3) is 0.625. The van der Waals surface area contributed by atoms with Crippen molar-refractivity contribution in [3.8, 4) is 0 Å². The highest BCUT2D eigenvalue weighted by molar-refractivity contribution is 7.10. The van der Waals surface area contributed by atoms with E-state index >= 15 is 0 Å². The molecule has 4 nitrogen and oxygen atoms in total. The van der Waals surface area contributed by atoms with E-state index in [1.807, 2.05) is 10.3 Å². The normalized spacial score (nSPS) is 17.9. The molecule has 5 heteroatoms. The van der Waals surface area contributed by atoms with Crippen LogP contribution in [0.1, 0.15) is 52.9 Å². The van der Waals surface area contributed by atoms with Crippen molar-refractivity contribution in [1.29, 1.82) is 0 Å². The van der Waals surface area contributed by atoms with Gasteiger partial charge in [0.25, 0.3) is 5.91 Å². The molecule has 0 bridgehead atoms. The van der Waals surface area contributed by atoms with Gasteiger partial charge in [-0.3, -0.25) is 9.59 Å². The molecular weight excluding hydrogens is 284 g/mol. The predicted octanol–water partition coefficient (Wildman–Crippen LogP) is 2.37. The fourth-order valence-corrected chi connectivity index (χ4v) is 4.32. The van der Waals surface area contributed by atoms with Crippen LogP contribution >= 0.6 is 11.3 Å². The third-order valence-electron chi connectivity index (χ3n) is 4.37. The van der Waals surface area contributed by atoms with Crippen LogP contribution in [0.2, 0.25) is 0 Å². The van der Waals surface area contributed by atoms with Crippen LogP contribution in [0.5, 0.6) is 0 Å². The Morgan fingerprint density at radius 3 is 2.90 bits per heavy atom. The monoisotopic (exact) mass is 306 g/mol. The van der Waals surface area contributed by atoms with Crippen molar-refractivity contribution < 1.29 is 9.59 Å². The summed E-state index contributed by atoms with van der Waals surface area (Å²) < 4.78 is 0. The number of carbonyl (C=O) groups excluding carboxylic acids is 2.